The predicted octanol–water partition coefficient (Wildman–Crippen LogP) is 1.59. The van der Waals surface area contributed by atoms with Crippen LogP contribution < -0.4 is 10.6 Å². The quantitative estimate of drug-likeness (QED) is 0.282. The van der Waals surface area contributed by atoms with Crippen LogP contribution in [-0.4, -0.2) is 72.4 Å². The summed E-state index contributed by atoms with van der Waals surface area (Å²) in [5.41, 5.74) is 0.267. The minimum atomic E-state index is -2.96. The Morgan fingerprint density at radius 2 is 1.81 bits per heavy atom. The number of rotatable bonds is 13. The summed E-state index contributed by atoms with van der Waals surface area (Å²) in [5, 5.41) is 6.52. The number of aliphatic imine (C=N–C) groups is 1. The zero-order valence-electron chi connectivity index (χ0n) is 16.7. The molecule has 1 rings (SSSR count). The number of nitrogens with one attached hydrogen (secondary N) is 2. The van der Waals surface area contributed by atoms with Crippen molar-refractivity contribution >= 4 is 15.8 Å². The zero-order valence-corrected chi connectivity index (χ0v) is 17.5. The van der Waals surface area contributed by atoms with E-state index in [1.807, 2.05) is 13.8 Å². The van der Waals surface area contributed by atoms with Gasteiger partial charge in [0.2, 0.25) is 0 Å². The van der Waals surface area contributed by atoms with Crippen molar-refractivity contribution in [2.45, 2.75) is 46.0 Å². The Labute approximate surface area is 159 Å². The summed E-state index contributed by atoms with van der Waals surface area (Å²) in [6, 6.07) is 0. The lowest BCUT2D eigenvalue weighted by Gasteiger charge is -2.27. The van der Waals surface area contributed by atoms with Crippen LogP contribution in [0.1, 0.15) is 46.0 Å². The highest BCUT2D eigenvalue weighted by molar-refractivity contribution is 7.90. The van der Waals surface area contributed by atoms with Gasteiger partial charge in [0.1, 0.15) is 9.84 Å². The molecule has 2 N–H and O–H groups in total. The minimum Gasteiger partial charge on any atom is -0.382 e. The van der Waals surface area contributed by atoms with Crippen molar-refractivity contribution in [1.82, 2.24) is 10.6 Å². The van der Waals surface area contributed by atoms with Crippen LogP contribution >= 0.6 is 0 Å². The maximum absolute atomic E-state index is 11.1. The monoisotopic (exact) mass is 391 g/mol. The largest absolute Gasteiger partial charge is 0.382 e. The Morgan fingerprint density at radius 3 is 2.42 bits per heavy atom. The van der Waals surface area contributed by atoms with Crippen molar-refractivity contribution in [3.63, 3.8) is 0 Å². The Bertz CT molecular complexity index is 503. The lowest BCUT2D eigenvalue weighted by Crippen LogP contribution is -2.40. The van der Waals surface area contributed by atoms with Crippen molar-refractivity contribution in [1.29, 1.82) is 0 Å². The third kappa shape index (κ3) is 10.3. The summed E-state index contributed by atoms with van der Waals surface area (Å²) >= 11 is 0. The first kappa shape index (κ1) is 23.2. The summed E-state index contributed by atoms with van der Waals surface area (Å²) in [5.74, 6) is 0.852. The molecular weight excluding hydrogens is 354 g/mol. The van der Waals surface area contributed by atoms with Gasteiger partial charge >= 0.3 is 0 Å². The van der Waals surface area contributed by atoms with Crippen molar-refractivity contribution < 1.29 is 17.9 Å². The molecule has 26 heavy (non-hydrogen) atoms. The second kappa shape index (κ2) is 12.5. The van der Waals surface area contributed by atoms with Gasteiger partial charge in [-0.2, -0.15) is 0 Å². The summed E-state index contributed by atoms with van der Waals surface area (Å²) < 4.78 is 33.0. The fourth-order valence-electron chi connectivity index (χ4n) is 3.19. The van der Waals surface area contributed by atoms with Crippen molar-refractivity contribution in [3.05, 3.63) is 0 Å². The maximum Gasteiger partial charge on any atom is 0.191 e. The molecule has 154 valence electrons. The molecule has 0 amide bonds. The molecule has 0 heterocycles. The van der Waals surface area contributed by atoms with E-state index in [1.165, 1.54) is 31.9 Å². The standard InChI is InChI=1S/C18H37N3O4S/c1-4-19-17(20-11-13-25-14-15-26(3,22)23)21-16-18(8-6-7-9-18)10-12-24-5-2/h4-16H2,1-3H3,(H2,19,20,21). The highest BCUT2D eigenvalue weighted by Crippen LogP contribution is 2.41. The lowest BCUT2D eigenvalue weighted by molar-refractivity contribution is 0.107. The van der Waals surface area contributed by atoms with Crippen LogP contribution in [0.5, 0.6) is 0 Å². The molecule has 0 atom stereocenters. The van der Waals surface area contributed by atoms with Crippen LogP contribution in [0.3, 0.4) is 0 Å². The van der Waals surface area contributed by atoms with E-state index >= 15 is 0 Å². The first-order valence-corrected chi connectivity index (χ1v) is 11.8. The van der Waals surface area contributed by atoms with E-state index in [4.69, 9.17) is 14.5 Å². The molecule has 0 radical (unpaired) electrons. The Morgan fingerprint density at radius 1 is 1.08 bits per heavy atom. The van der Waals surface area contributed by atoms with Crippen LogP contribution in [0, 0.1) is 5.41 Å². The molecule has 0 unspecified atom stereocenters. The van der Waals surface area contributed by atoms with Crippen molar-refractivity contribution in [2.24, 2.45) is 10.4 Å². The van der Waals surface area contributed by atoms with Crippen molar-refractivity contribution in [3.8, 4) is 0 Å². The smallest absolute Gasteiger partial charge is 0.191 e. The molecule has 0 aromatic rings. The van der Waals surface area contributed by atoms with E-state index in [1.54, 1.807) is 0 Å². The van der Waals surface area contributed by atoms with E-state index in [2.05, 4.69) is 10.6 Å². The fraction of sp³-hybridized carbons (Fsp3) is 0.944. The highest BCUT2D eigenvalue weighted by Gasteiger charge is 2.33. The average molecular weight is 392 g/mol. The van der Waals surface area contributed by atoms with E-state index in [0.29, 0.717) is 13.2 Å². The molecule has 0 aromatic heterocycles. The van der Waals surface area contributed by atoms with E-state index in [9.17, 15) is 8.42 Å². The van der Waals surface area contributed by atoms with Crippen LogP contribution in [0.15, 0.2) is 4.99 Å². The van der Waals surface area contributed by atoms with Gasteiger partial charge < -0.3 is 20.1 Å². The van der Waals surface area contributed by atoms with Gasteiger partial charge in [-0.05, 0) is 38.5 Å². The summed E-state index contributed by atoms with van der Waals surface area (Å²) in [6.45, 7) is 8.54. The SMILES string of the molecule is CCNC(=NCC1(CCOCC)CCCC1)NCCOCCS(C)(=O)=O. The van der Waals surface area contributed by atoms with E-state index in [0.717, 1.165) is 38.7 Å². The van der Waals surface area contributed by atoms with Crippen molar-refractivity contribution in [2.75, 3.05) is 58.1 Å². The second-order valence-electron chi connectivity index (χ2n) is 7.02. The van der Waals surface area contributed by atoms with Gasteiger partial charge in [-0.15, -0.1) is 0 Å². The third-order valence-electron chi connectivity index (χ3n) is 4.70. The van der Waals surface area contributed by atoms with Gasteiger partial charge in [-0.1, -0.05) is 12.8 Å². The summed E-state index contributed by atoms with van der Waals surface area (Å²) in [7, 11) is -2.96. The number of ether oxygens (including phenoxy) is 2. The van der Waals surface area contributed by atoms with Gasteiger partial charge in [0, 0.05) is 39.1 Å². The molecule has 1 aliphatic carbocycles. The first-order valence-electron chi connectivity index (χ1n) is 9.76. The molecule has 1 saturated carbocycles. The Hall–Kier alpha value is -0.860. The zero-order chi connectivity index (χ0) is 19.3. The molecule has 7 nitrogen and oxygen atoms in total. The fourth-order valence-corrected chi connectivity index (χ4v) is 3.61. The molecule has 0 bridgehead atoms. The number of nitrogens with zero attached hydrogens (tertiary/aromatic N) is 1. The molecule has 8 heteroatoms. The van der Waals surface area contributed by atoms with Gasteiger partial charge in [-0.3, -0.25) is 4.99 Å². The second-order valence-corrected chi connectivity index (χ2v) is 9.28. The third-order valence-corrected chi connectivity index (χ3v) is 5.61. The molecule has 1 fully saturated rings. The molecule has 0 saturated heterocycles. The van der Waals surface area contributed by atoms with E-state index < -0.39 is 9.84 Å². The molecule has 1 aliphatic rings. The first-order chi connectivity index (χ1) is 12.4. The summed E-state index contributed by atoms with van der Waals surface area (Å²) in [6.07, 6.45) is 7.28. The van der Waals surface area contributed by atoms with Crippen LogP contribution in [-0.2, 0) is 19.3 Å². The minimum absolute atomic E-state index is 0.0590. The molecule has 0 aliphatic heterocycles. The van der Waals surface area contributed by atoms with Crippen LogP contribution in [0.4, 0.5) is 0 Å². The maximum atomic E-state index is 11.1. The molecule has 0 aromatic carbocycles. The Balaban J connectivity index is 2.40. The number of guanidine groups is 1. The number of hydrogen-bond acceptors (Lipinski definition) is 5. The normalized spacial score (nSPS) is 17.4. The Kier molecular flexibility index (Phi) is 11.2. The number of hydrogen-bond donors (Lipinski definition) is 2. The van der Waals surface area contributed by atoms with Gasteiger partial charge in [0.05, 0.1) is 19.0 Å². The van der Waals surface area contributed by atoms with Crippen LogP contribution in [0.25, 0.3) is 0 Å². The number of sulfone groups is 1. The summed E-state index contributed by atoms with van der Waals surface area (Å²) in [4.78, 5) is 4.79. The average Bonchev–Trinajstić information content (AvgIpc) is 3.04. The van der Waals surface area contributed by atoms with E-state index in [-0.39, 0.29) is 17.8 Å². The van der Waals surface area contributed by atoms with Gasteiger partial charge in [0.15, 0.2) is 5.96 Å². The van der Waals surface area contributed by atoms with Crippen LogP contribution in [0.2, 0.25) is 0 Å². The highest BCUT2D eigenvalue weighted by atomic mass is 32.2. The molecular formula is C18H37N3O4S. The van der Waals surface area contributed by atoms with Gasteiger partial charge in [0.25, 0.3) is 0 Å². The topological polar surface area (TPSA) is 89.0 Å². The van der Waals surface area contributed by atoms with Gasteiger partial charge in [-0.25, -0.2) is 8.42 Å². The lowest BCUT2D eigenvalue weighted by atomic mass is 9.83. The predicted molar refractivity (Wildman–Crippen MR) is 107 cm³/mol. The molecule has 0 spiro atoms.